The molecule has 0 atom stereocenters. The van der Waals surface area contributed by atoms with Crippen molar-refractivity contribution in [2.75, 3.05) is 4.90 Å². The number of fused-ring (bicyclic) bond motifs is 6. The molecule has 0 radical (unpaired) electrons. The van der Waals surface area contributed by atoms with Gasteiger partial charge in [-0.15, -0.1) is 0 Å². The van der Waals surface area contributed by atoms with Crippen LogP contribution >= 0.6 is 0 Å². The average molecular weight is 756 g/mol. The highest BCUT2D eigenvalue weighted by Crippen LogP contribution is 2.58. The minimum absolute atomic E-state index is 0.294. The Morgan fingerprint density at radius 1 is 0.356 bits per heavy atom. The van der Waals surface area contributed by atoms with Crippen LogP contribution in [0.4, 0.5) is 17.1 Å². The van der Waals surface area contributed by atoms with Gasteiger partial charge in [-0.2, -0.15) is 0 Å². The molecule has 59 heavy (non-hydrogen) atoms. The molecule has 1 aliphatic rings. The van der Waals surface area contributed by atoms with Crippen LogP contribution in [0.1, 0.15) is 25.0 Å². The van der Waals surface area contributed by atoms with Crippen LogP contribution in [0.3, 0.4) is 0 Å². The van der Waals surface area contributed by atoms with Gasteiger partial charge in [-0.25, -0.2) is 0 Å². The van der Waals surface area contributed by atoms with Crippen molar-refractivity contribution in [3.05, 3.63) is 223 Å². The summed E-state index contributed by atoms with van der Waals surface area (Å²) in [6, 6.07) is 76.5. The van der Waals surface area contributed by atoms with Crippen LogP contribution in [0.2, 0.25) is 0 Å². The van der Waals surface area contributed by atoms with Gasteiger partial charge in [0, 0.05) is 33.1 Å². The normalized spacial score (nSPS) is 12.7. The third-order valence-corrected chi connectivity index (χ3v) is 12.3. The van der Waals surface area contributed by atoms with E-state index in [1.807, 2.05) is 0 Å². The molecule has 2 nitrogen and oxygen atoms in total. The summed E-state index contributed by atoms with van der Waals surface area (Å²) in [5.41, 5.74) is 19.2. The predicted molar refractivity (Wildman–Crippen MR) is 248 cm³/mol. The van der Waals surface area contributed by atoms with Gasteiger partial charge in [0.1, 0.15) is 5.58 Å². The Labute approximate surface area is 345 Å². The number of anilines is 3. The highest BCUT2D eigenvalue weighted by Gasteiger charge is 2.41. The lowest BCUT2D eigenvalue weighted by molar-refractivity contribution is 0.648. The van der Waals surface area contributed by atoms with E-state index in [0.717, 1.165) is 50.1 Å². The zero-order valence-electron chi connectivity index (χ0n) is 33.1. The molecule has 10 aromatic rings. The minimum Gasteiger partial charge on any atom is -0.453 e. The second kappa shape index (κ2) is 13.9. The van der Waals surface area contributed by atoms with Gasteiger partial charge in [-0.3, -0.25) is 0 Å². The fourth-order valence-corrected chi connectivity index (χ4v) is 9.34. The molecule has 280 valence electrons. The standard InChI is InChI=1S/C57H41NO/c1-57(2)52-24-13-12-21-48(52)50-37-51-49-23-14-22-47(44-31-29-41(30-32-44)39-17-8-4-9-18-39)55(49)59-56(51)54(53(50)57)58(45-19-10-5-11-20-45)46-35-33-43(34-36-46)42-27-25-40(26-28-42)38-15-6-3-7-16-38/h3-37H,1-2H3. The maximum Gasteiger partial charge on any atom is 0.159 e. The molecule has 1 heterocycles. The maximum atomic E-state index is 7.32. The first-order valence-corrected chi connectivity index (χ1v) is 20.4. The Morgan fingerprint density at radius 2 is 0.814 bits per heavy atom. The van der Waals surface area contributed by atoms with E-state index in [1.54, 1.807) is 0 Å². The first-order chi connectivity index (χ1) is 29.0. The zero-order valence-corrected chi connectivity index (χ0v) is 33.1. The third-order valence-electron chi connectivity index (χ3n) is 12.3. The second-order valence-electron chi connectivity index (χ2n) is 16.1. The Balaban J connectivity index is 1.11. The Kier molecular flexibility index (Phi) is 8.20. The van der Waals surface area contributed by atoms with E-state index >= 15 is 0 Å². The Hall–Kier alpha value is -7.42. The number of furan rings is 1. The molecule has 0 saturated carbocycles. The van der Waals surface area contributed by atoms with Gasteiger partial charge in [0.15, 0.2) is 5.58 Å². The van der Waals surface area contributed by atoms with Gasteiger partial charge in [0.05, 0.1) is 5.69 Å². The van der Waals surface area contributed by atoms with Crippen molar-refractivity contribution in [2.24, 2.45) is 0 Å². The van der Waals surface area contributed by atoms with Gasteiger partial charge >= 0.3 is 0 Å². The van der Waals surface area contributed by atoms with E-state index < -0.39 is 0 Å². The van der Waals surface area contributed by atoms with Crippen LogP contribution in [0, 0.1) is 0 Å². The molecule has 0 saturated heterocycles. The highest BCUT2D eigenvalue weighted by atomic mass is 16.3. The molecule has 0 fully saturated rings. The summed E-state index contributed by atoms with van der Waals surface area (Å²) in [5, 5.41) is 2.22. The molecule has 0 aliphatic heterocycles. The van der Waals surface area contributed by atoms with Crippen LogP contribution in [-0.4, -0.2) is 0 Å². The number of hydrogen-bond donors (Lipinski definition) is 0. The lowest BCUT2D eigenvalue weighted by atomic mass is 9.80. The molecule has 2 heteroatoms. The molecule has 1 aromatic heterocycles. The van der Waals surface area contributed by atoms with Crippen LogP contribution in [0.25, 0.3) is 77.6 Å². The molecule has 0 unspecified atom stereocenters. The average Bonchev–Trinajstić information content (AvgIpc) is 3.79. The van der Waals surface area contributed by atoms with Gasteiger partial charge in [0.25, 0.3) is 0 Å². The van der Waals surface area contributed by atoms with Crippen molar-refractivity contribution >= 4 is 39.0 Å². The van der Waals surface area contributed by atoms with E-state index in [-0.39, 0.29) is 5.41 Å². The van der Waals surface area contributed by atoms with Crippen molar-refractivity contribution in [2.45, 2.75) is 19.3 Å². The first kappa shape index (κ1) is 34.8. The van der Waals surface area contributed by atoms with Gasteiger partial charge in [-0.05, 0) is 91.5 Å². The predicted octanol–water partition coefficient (Wildman–Crippen LogP) is 16.0. The lowest BCUT2D eigenvalue weighted by Gasteiger charge is -2.32. The summed E-state index contributed by atoms with van der Waals surface area (Å²) in [6.07, 6.45) is 0. The molecule has 0 spiro atoms. The largest absolute Gasteiger partial charge is 0.453 e. The maximum absolute atomic E-state index is 7.32. The topological polar surface area (TPSA) is 16.4 Å². The summed E-state index contributed by atoms with van der Waals surface area (Å²) < 4.78 is 7.32. The van der Waals surface area contributed by atoms with Gasteiger partial charge < -0.3 is 9.32 Å². The summed E-state index contributed by atoms with van der Waals surface area (Å²) in [5.74, 6) is 0. The number of hydrogen-bond acceptors (Lipinski definition) is 2. The van der Waals surface area contributed by atoms with Gasteiger partial charge in [-0.1, -0.05) is 196 Å². The Morgan fingerprint density at radius 3 is 1.41 bits per heavy atom. The smallest absolute Gasteiger partial charge is 0.159 e. The monoisotopic (exact) mass is 755 g/mol. The quantitative estimate of drug-likeness (QED) is 0.161. The molecule has 11 rings (SSSR count). The number of benzene rings is 9. The summed E-state index contributed by atoms with van der Waals surface area (Å²) >= 11 is 0. The SMILES string of the molecule is CC1(C)c2ccccc2-c2cc3c(oc4c(-c5ccc(-c6ccccc6)cc5)cccc43)c(N(c3ccccc3)c3ccc(-c4ccc(-c5ccccc5)cc4)cc3)c21. The van der Waals surface area contributed by atoms with Crippen molar-refractivity contribution in [3.63, 3.8) is 0 Å². The molecular weight excluding hydrogens is 715 g/mol. The number of nitrogens with zero attached hydrogens (tertiary/aromatic N) is 1. The van der Waals surface area contributed by atoms with Crippen molar-refractivity contribution in [1.82, 2.24) is 0 Å². The summed E-state index contributed by atoms with van der Waals surface area (Å²) in [4.78, 5) is 2.42. The molecule has 0 N–H and O–H groups in total. The van der Waals surface area contributed by atoms with E-state index in [4.69, 9.17) is 4.42 Å². The van der Waals surface area contributed by atoms with E-state index in [1.165, 1.54) is 55.6 Å². The second-order valence-corrected chi connectivity index (χ2v) is 16.1. The molecular formula is C57H41NO. The minimum atomic E-state index is -0.294. The Bertz CT molecular complexity index is 3130. The molecule has 1 aliphatic carbocycles. The van der Waals surface area contributed by atoms with Crippen molar-refractivity contribution in [1.29, 1.82) is 0 Å². The van der Waals surface area contributed by atoms with Crippen molar-refractivity contribution < 1.29 is 4.42 Å². The van der Waals surface area contributed by atoms with Crippen LogP contribution in [0.15, 0.2) is 217 Å². The fourth-order valence-electron chi connectivity index (χ4n) is 9.34. The highest BCUT2D eigenvalue weighted by molar-refractivity contribution is 6.17. The third kappa shape index (κ3) is 5.79. The molecule has 0 bridgehead atoms. The van der Waals surface area contributed by atoms with Crippen LogP contribution in [0.5, 0.6) is 0 Å². The molecule has 0 amide bonds. The summed E-state index contributed by atoms with van der Waals surface area (Å²) in [6.45, 7) is 4.72. The van der Waals surface area contributed by atoms with Crippen LogP contribution in [-0.2, 0) is 5.41 Å². The van der Waals surface area contributed by atoms with E-state index in [0.29, 0.717) is 0 Å². The van der Waals surface area contributed by atoms with Crippen molar-refractivity contribution in [3.8, 4) is 55.6 Å². The van der Waals surface area contributed by atoms with Gasteiger partial charge in [0.2, 0.25) is 0 Å². The summed E-state index contributed by atoms with van der Waals surface area (Å²) in [7, 11) is 0. The number of rotatable bonds is 7. The van der Waals surface area contributed by atoms with Crippen LogP contribution < -0.4 is 4.90 Å². The zero-order chi connectivity index (χ0) is 39.5. The van der Waals surface area contributed by atoms with E-state index in [9.17, 15) is 0 Å². The first-order valence-electron chi connectivity index (χ1n) is 20.4. The number of para-hydroxylation sites is 2. The lowest BCUT2D eigenvalue weighted by Crippen LogP contribution is -2.21. The fraction of sp³-hybridized carbons (Fsp3) is 0.0526. The van der Waals surface area contributed by atoms with E-state index in [2.05, 4.69) is 231 Å². The molecule has 9 aromatic carbocycles.